The lowest BCUT2D eigenvalue weighted by Gasteiger charge is -2.32. The number of benzene rings is 10. The lowest BCUT2D eigenvalue weighted by atomic mass is 9.79. The normalized spacial score (nSPS) is 13.5. The van der Waals surface area contributed by atoms with Gasteiger partial charge in [-0.1, -0.05) is 236 Å². The van der Waals surface area contributed by atoms with Gasteiger partial charge in [0.2, 0.25) is 0 Å². The van der Waals surface area contributed by atoms with Crippen LogP contribution in [0.2, 0.25) is 0 Å². The molecule has 2 radical (unpaired) electrons. The van der Waals surface area contributed by atoms with Crippen molar-refractivity contribution in [3.63, 3.8) is 0 Å². The van der Waals surface area contributed by atoms with Gasteiger partial charge < -0.3 is 9.31 Å². The standard InChI is InChI=1S/C39H23N3S.C30H27BN2O2.C15H8BNS/c1-2-8-24(9-3-1)31-22-20-27-18-19-28-21-23-32(41-37(28)36(27)40-31)25-14-16-26(17-15-25)35-29-10-4-6-12-33(29)42-38-30-11-5-7-13-34(30)43-39(35)38;1-29(2)30(3,4)35-31(34-29)24-16-12-21(13-17-24)26-19-15-23-11-10-22-14-18-25(20-8-6-5-7-9-20)32-27(22)28(23)33-26;16-13-9-5-1-3-7-11(9)17-14-10-6-2-4-8-12(10)18-15(13)14/h1-23H;5-19H,1-4H3;1-8H. The fourth-order valence-corrected chi connectivity index (χ4v) is 15.3. The molecule has 9 heterocycles. The maximum atomic E-state index is 6.29. The first-order valence-electron chi connectivity index (χ1n) is 32.2. The van der Waals surface area contributed by atoms with E-state index in [0.29, 0.717) is 0 Å². The number of rotatable bonds is 6. The van der Waals surface area contributed by atoms with E-state index in [-0.39, 0.29) is 18.3 Å². The highest BCUT2D eigenvalue weighted by atomic mass is 32.1. The molecule has 1 aliphatic heterocycles. The molecule has 19 rings (SSSR count). The van der Waals surface area contributed by atoms with Crippen LogP contribution in [0.3, 0.4) is 0 Å². The Morgan fingerprint density at radius 2 is 0.635 bits per heavy atom. The summed E-state index contributed by atoms with van der Waals surface area (Å²) in [6.07, 6.45) is 0. The fourth-order valence-electron chi connectivity index (χ4n) is 13.0. The molecule has 0 N–H and O–H groups in total. The van der Waals surface area contributed by atoms with Crippen LogP contribution >= 0.6 is 22.7 Å². The Balaban J connectivity index is 0.000000117. The average molecular weight is 1270 g/mol. The van der Waals surface area contributed by atoms with Gasteiger partial charge in [-0.3, -0.25) is 0 Å². The van der Waals surface area contributed by atoms with Crippen molar-refractivity contribution in [3.8, 4) is 56.2 Å². The molecular weight excluding hydrogens is 1210 g/mol. The summed E-state index contributed by atoms with van der Waals surface area (Å²) in [5.41, 5.74) is 19.4. The van der Waals surface area contributed by atoms with Gasteiger partial charge in [0.1, 0.15) is 7.85 Å². The number of thiophene rings is 2. The number of aromatic nitrogens is 6. The van der Waals surface area contributed by atoms with E-state index in [1.165, 1.54) is 41.4 Å². The van der Waals surface area contributed by atoms with Crippen LogP contribution in [0.4, 0.5) is 0 Å². The molecule has 18 aromatic rings. The number of para-hydroxylation sites is 2. The molecule has 0 unspecified atom stereocenters. The summed E-state index contributed by atoms with van der Waals surface area (Å²) in [5, 5.41) is 8.94. The molecular formula is C84H58B2N6O2S2. The van der Waals surface area contributed by atoms with E-state index in [4.69, 9.17) is 47.1 Å². The van der Waals surface area contributed by atoms with Crippen LogP contribution in [-0.4, -0.2) is 56.1 Å². The van der Waals surface area contributed by atoms with E-state index in [9.17, 15) is 0 Å². The molecule has 0 aliphatic carbocycles. The summed E-state index contributed by atoms with van der Waals surface area (Å²) in [6, 6.07) is 96.4. The lowest BCUT2D eigenvalue weighted by molar-refractivity contribution is 0.00578. The molecule has 8 nitrogen and oxygen atoms in total. The zero-order chi connectivity index (χ0) is 64.7. The molecule has 8 aromatic heterocycles. The van der Waals surface area contributed by atoms with Crippen molar-refractivity contribution in [2.45, 2.75) is 38.9 Å². The second kappa shape index (κ2) is 23.9. The van der Waals surface area contributed by atoms with Crippen molar-refractivity contribution in [1.29, 1.82) is 0 Å². The van der Waals surface area contributed by atoms with Crippen LogP contribution in [0.5, 0.6) is 0 Å². The third-order valence-electron chi connectivity index (χ3n) is 18.8. The van der Waals surface area contributed by atoms with Crippen LogP contribution in [-0.2, 0) is 9.31 Å². The first-order valence-corrected chi connectivity index (χ1v) is 33.8. The Morgan fingerprint density at radius 3 is 1.09 bits per heavy atom. The summed E-state index contributed by atoms with van der Waals surface area (Å²) < 4.78 is 17.2. The zero-order valence-electron chi connectivity index (χ0n) is 53.0. The molecule has 1 aliphatic rings. The molecule has 10 aromatic carbocycles. The quantitative estimate of drug-likeness (QED) is 0.120. The van der Waals surface area contributed by atoms with Crippen LogP contribution in [0.25, 0.3) is 162 Å². The first-order chi connectivity index (χ1) is 46.9. The highest BCUT2D eigenvalue weighted by molar-refractivity contribution is 7.27. The fraction of sp³-hybridized carbons (Fsp3) is 0.0714. The van der Waals surface area contributed by atoms with E-state index in [1.807, 2.05) is 84.1 Å². The molecule has 1 fully saturated rings. The number of nitrogens with zero attached hydrogens (tertiary/aromatic N) is 6. The number of hydrogen-bond donors (Lipinski definition) is 0. The van der Waals surface area contributed by atoms with Crippen molar-refractivity contribution in [3.05, 3.63) is 279 Å². The van der Waals surface area contributed by atoms with Gasteiger partial charge in [0, 0.05) is 79.6 Å². The van der Waals surface area contributed by atoms with E-state index >= 15 is 0 Å². The lowest BCUT2D eigenvalue weighted by Crippen LogP contribution is -2.41. The zero-order valence-corrected chi connectivity index (χ0v) is 54.7. The molecule has 0 spiro atoms. The number of hydrogen-bond acceptors (Lipinski definition) is 10. The summed E-state index contributed by atoms with van der Waals surface area (Å²) >= 11 is 3.53. The molecule has 12 heteroatoms. The summed E-state index contributed by atoms with van der Waals surface area (Å²) in [4.78, 5) is 30.2. The molecule has 0 atom stereocenters. The van der Waals surface area contributed by atoms with E-state index in [1.54, 1.807) is 11.3 Å². The largest absolute Gasteiger partial charge is 0.494 e. The van der Waals surface area contributed by atoms with Crippen molar-refractivity contribution in [1.82, 2.24) is 29.9 Å². The number of pyridine rings is 6. The van der Waals surface area contributed by atoms with Gasteiger partial charge in [-0.25, -0.2) is 29.9 Å². The van der Waals surface area contributed by atoms with Gasteiger partial charge in [-0.15, -0.1) is 22.7 Å². The van der Waals surface area contributed by atoms with Gasteiger partial charge >= 0.3 is 7.12 Å². The van der Waals surface area contributed by atoms with E-state index < -0.39 is 0 Å². The van der Waals surface area contributed by atoms with E-state index in [2.05, 4.69) is 234 Å². The van der Waals surface area contributed by atoms with Gasteiger partial charge in [0.15, 0.2) is 0 Å². The molecule has 1 saturated heterocycles. The minimum absolute atomic E-state index is 0.358. The second-order valence-electron chi connectivity index (χ2n) is 25.3. The average Bonchev–Trinajstić information content (AvgIpc) is 1.50. The molecule has 0 saturated carbocycles. The predicted octanol–water partition coefficient (Wildman–Crippen LogP) is 20.5. The Bertz CT molecular complexity index is 6050. The third kappa shape index (κ3) is 10.6. The summed E-state index contributed by atoms with van der Waals surface area (Å²) in [5.74, 6) is 0. The Labute approximate surface area is 564 Å². The molecule has 0 bridgehead atoms. The van der Waals surface area contributed by atoms with Gasteiger partial charge in [0.05, 0.1) is 82.8 Å². The number of fused-ring (bicyclic) bond motifs is 14. The maximum absolute atomic E-state index is 6.29. The monoisotopic (exact) mass is 1270 g/mol. The van der Waals surface area contributed by atoms with Crippen molar-refractivity contribution in [2.24, 2.45) is 0 Å². The van der Waals surface area contributed by atoms with Crippen molar-refractivity contribution < 1.29 is 9.31 Å². The smallest absolute Gasteiger partial charge is 0.399 e. The first kappa shape index (κ1) is 58.9. The van der Waals surface area contributed by atoms with Crippen molar-refractivity contribution in [2.75, 3.05) is 0 Å². The highest BCUT2D eigenvalue weighted by Crippen LogP contribution is 2.44. The maximum Gasteiger partial charge on any atom is 0.494 e. The minimum atomic E-state index is -0.372. The molecule has 454 valence electrons. The molecule has 96 heavy (non-hydrogen) atoms. The van der Waals surface area contributed by atoms with Crippen LogP contribution in [0.1, 0.15) is 27.7 Å². The van der Waals surface area contributed by atoms with Crippen LogP contribution in [0.15, 0.2) is 279 Å². The predicted molar refractivity (Wildman–Crippen MR) is 405 cm³/mol. The van der Waals surface area contributed by atoms with Gasteiger partial charge in [-0.2, -0.15) is 0 Å². The SMILES string of the molecule is CC1(C)OB(c2ccc(-c3ccc4ccc5ccc(-c6ccccc6)nc5c4n3)cc2)OC1(C)C.[B]c1c2ccccc2nc2c1sc1ccccc12.c1ccc(-c2ccc3ccc4ccc(-c5ccc(-c6c7ccccc7nc7c6sc6ccccc67)cc5)nc4c3n2)cc1. The summed E-state index contributed by atoms with van der Waals surface area (Å²) in [6.45, 7) is 8.29. The highest BCUT2D eigenvalue weighted by Gasteiger charge is 2.51. The summed E-state index contributed by atoms with van der Waals surface area (Å²) in [7, 11) is 5.92. The van der Waals surface area contributed by atoms with Crippen LogP contribution < -0.4 is 10.9 Å². The van der Waals surface area contributed by atoms with Gasteiger partial charge in [-0.05, 0) is 92.6 Å². The van der Waals surface area contributed by atoms with Gasteiger partial charge in [0.25, 0.3) is 0 Å². The molecule has 0 amide bonds. The topological polar surface area (TPSA) is 95.8 Å². The Kier molecular flexibility index (Phi) is 14.6. The third-order valence-corrected chi connectivity index (χ3v) is 21.2. The second-order valence-corrected chi connectivity index (χ2v) is 27.4. The Morgan fingerprint density at radius 1 is 0.302 bits per heavy atom. The van der Waals surface area contributed by atoms with Crippen molar-refractivity contribution >= 4 is 155 Å². The minimum Gasteiger partial charge on any atom is -0.399 e. The van der Waals surface area contributed by atoms with E-state index in [0.717, 1.165) is 132 Å². The van der Waals surface area contributed by atoms with Crippen LogP contribution in [0, 0.1) is 0 Å². The Hall–Kier alpha value is -10.9.